The van der Waals surface area contributed by atoms with Gasteiger partial charge in [0.1, 0.15) is 0 Å². The van der Waals surface area contributed by atoms with Gasteiger partial charge in [0.15, 0.2) is 8.66 Å². The number of nitro groups is 2. The summed E-state index contributed by atoms with van der Waals surface area (Å²) in [4.78, 5) is 18.3. The Kier molecular flexibility index (Phi) is 5.43. The van der Waals surface area contributed by atoms with Gasteiger partial charge >= 0.3 is 12.1 Å². The van der Waals surface area contributed by atoms with Gasteiger partial charge in [0.05, 0.1) is 0 Å². The minimum atomic E-state index is -1.08. The van der Waals surface area contributed by atoms with E-state index in [9.17, 15) is 0 Å². The first kappa shape index (κ1) is 10.2. The lowest BCUT2D eigenvalue weighted by atomic mass is 13.3. The van der Waals surface area contributed by atoms with Crippen LogP contribution in [0.2, 0.25) is 0 Å². The average Bonchev–Trinajstić information content (AvgIpc) is 1.27. The highest BCUT2D eigenvalue weighted by molar-refractivity contribution is 7.87. The molecule has 0 aromatic heterocycles. The second kappa shape index (κ2) is 4.27. The fourth-order valence-corrected chi connectivity index (χ4v) is 0.163. The monoisotopic (exact) mass is 141 g/mol. The van der Waals surface area contributed by atoms with Crippen LogP contribution >= 0.6 is 12.1 Å². The van der Waals surface area contributed by atoms with Crippen LogP contribution in [0.25, 0.3) is 0 Å². The molecule has 0 saturated heterocycles. The molecule has 0 fully saturated rings. The lowest BCUT2D eigenvalue weighted by Crippen LogP contribution is -1.90. The minimum absolute atomic E-state index is 0. The van der Waals surface area contributed by atoms with Gasteiger partial charge in [0.25, 0.3) is 0 Å². The van der Waals surface area contributed by atoms with Crippen LogP contribution in [-0.2, 0) is 0 Å². The van der Waals surface area contributed by atoms with E-state index in [0.717, 1.165) is 0 Å². The highest BCUT2D eigenvalue weighted by atomic mass is 32.2. The third-order valence-corrected chi connectivity index (χ3v) is 0.400. The molecule has 48 valence electrons. The van der Waals surface area contributed by atoms with Gasteiger partial charge in [-0.1, -0.05) is 0 Å². The van der Waals surface area contributed by atoms with Gasteiger partial charge in [0.2, 0.25) is 0 Å². The topological polar surface area (TPSA) is 121 Å². The molecule has 0 radical (unpaired) electrons. The Hall–Kier alpha value is -0.890. The van der Waals surface area contributed by atoms with E-state index in [0.29, 0.717) is 0 Å². The molecule has 0 atom stereocenters. The van der Waals surface area contributed by atoms with Crippen molar-refractivity contribution in [3.05, 3.63) is 20.2 Å². The van der Waals surface area contributed by atoms with Crippen molar-refractivity contribution in [3.8, 4) is 0 Å². The maximum absolute atomic E-state index is 9.14. The molecular formula is H3N3O4S. The molecule has 0 spiro atoms. The summed E-state index contributed by atoms with van der Waals surface area (Å²) >= 11 is -0.546. The molecule has 3 N–H and O–H groups in total. The molecule has 0 unspecified atom stereocenters. The molecule has 0 amide bonds. The van der Waals surface area contributed by atoms with Crippen LogP contribution in [0.1, 0.15) is 0 Å². The van der Waals surface area contributed by atoms with Crippen LogP contribution in [0.3, 0.4) is 0 Å². The summed E-state index contributed by atoms with van der Waals surface area (Å²) in [6.45, 7) is 0. The van der Waals surface area contributed by atoms with Crippen LogP contribution in [-0.4, -0.2) is 8.66 Å². The summed E-state index contributed by atoms with van der Waals surface area (Å²) in [7, 11) is 0. The predicted octanol–water partition coefficient (Wildman–Crippen LogP) is 0.265. The second-order valence-electron chi connectivity index (χ2n) is 0.529. The summed E-state index contributed by atoms with van der Waals surface area (Å²) in [5.41, 5.74) is 0. The van der Waals surface area contributed by atoms with E-state index < -0.39 is 20.8 Å². The Morgan fingerprint density at radius 3 is 1.38 bits per heavy atom. The number of nitrogens with zero attached hydrogens (tertiary/aromatic N) is 2. The Labute approximate surface area is 48.2 Å². The van der Waals surface area contributed by atoms with Crippen LogP contribution in [0.15, 0.2) is 0 Å². The van der Waals surface area contributed by atoms with Gasteiger partial charge in [-0.3, -0.25) is 0 Å². The molecule has 0 saturated carbocycles. The van der Waals surface area contributed by atoms with E-state index >= 15 is 0 Å². The van der Waals surface area contributed by atoms with Crippen molar-refractivity contribution in [2.45, 2.75) is 0 Å². The first-order valence-corrected chi connectivity index (χ1v) is 1.83. The Morgan fingerprint density at radius 2 is 1.38 bits per heavy atom. The molecule has 0 aromatic carbocycles. The van der Waals surface area contributed by atoms with Gasteiger partial charge in [-0.25, -0.2) is 20.2 Å². The van der Waals surface area contributed by atoms with Crippen LogP contribution < -0.4 is 6.15 Å². The van der Waals surface area contributed by atoms with E-state index in [1.165, 1.54) is 0 Å². The molecule has 0 rings (SSSR count). The Bertz CT molecular complexity index is 87.5. The van der Waals surface area contributed by atoms with Crippen molar-refractivity contribution in [3.63, 3.8) is 0 Å². The molecule has 0 aliphatic rings. The number of hydrogen-bond donors (Lipinski definition) is 1. The molecule has 8 heavy (non-hydrogen) atoms. The lowest BCUT2D eigenvalue weighted by Gasteiger charge is -1.71. The zero-order valence-electron chi connectivity index (χ0n) is 3.64. The van der Waals surface area contributed by atoms with Crippen LogP contribution in [0.5, 0.6) is 0 Å². The summed E-state index contributed by atoms with van der Waals surface area (Å²) in [6, 6.07) is 0. The average molecular weight is 141 g/mol. The first-order valence-electron chi connectivity index (χ1n) is 1.10. The molecule has 0 bridgehead atoms. The fourth-order valence-electron chi connectivity index (χ4n) is 0.0544. The van der Waals surface area contributed by atoms with E-state index in [4.69, 9.17) is 20.2 Å². The molecule has 0 aliphatic heterocycles. The normalized spacial score (nSPS) is 7.00. The lowest BCUT2D eigenvalue weighted by molar-refractivity contribution is -0.389. The van der Waals surface area contributed by atoms with Crippen LogP contribution in [0, 0.1) is 20.2 Å². The maximum atomic E-state index is 9.14. The summed E-state index contributed by atoms with van der Waals surface area (Å²) in [6.07, 6.45) is 0. The molecule has 0 aliphatic carbocycles. The second-order valence-corrected chi connectivity index (χ2v) is 1.29. The van der Waals surface area contributed by atoms with Crippen molar-refractivity contribution in [1.82, 2.24) is 6.15 Å². The molecular weight excluding hydrogens is 138 g/mol. The van der Waals surface area contributed by atoms with Gasteiger partial charge in [-0.2, -0.15) is 0 Å². The third kappa shape index (κ3) is 8.92. The largest absolute Gasteiger partial charge is 0.628 e. The van der Waals surface area contributed by atoms with E-state index in [1.54, 1.807) is 0 Å². The molecule has 8 heteroatoms. The van der Waals surface area contributed by atoms with Crippen LogP contribution in [0.4, 0.5) is 0 Å². The summed E-state index contributed by atoms with van der Waals surface area (Å²) in [5.74, 6) is 0. The minimum Gasteiger partial charge on any atom is -0.344 e. The first-order chi connectivity index (χ1) is 3.13. The van der Waals surface area contributed by atoms with Crippen molar-refractivity contribution >= 4 is 12.1 Å². The SMILES string of the molecule is N.O=[N+]([O-])S[N+](=O)[O-]. The van der Waals surface area contributed by atoms with Crippen molar-refractivity contribution < 1.29 is 8.66 Å². The zero-order valence-corrected chi connectivity index (χ0v) is 4.46. The summed E-state index contributed by atoms with van der Waals surface area (Å²) in [5, 5.41) is 18.3. The molecule has 0 aromatic rings. The van der Waals surface area contributed by atoms with Crippen molar-refractivity contribution in [2.24, 2.45) is 0 Å². The standard InChI is InChI=1S/N2O4S.H3N/c3-1(4)7-2(5)6;/h;1H3. The highest BCUT2D eigenvalue weighted by Crippen LogP contribution is 1.96. The fraction of sp³-hybridized carbons (Fsp3) is 0. The summed E-state index contributed by atoms with van der Waals surface area (Å²) < 4.78 is -2.17. The van der Waals surface area contributed by atoms with Gasteiger partial charge < -0.3 is 6.15 Å². The highest BCUT2D eigenvalue weighted by Gasteiger charge is 2.14. The van der Waals surface area contributed by atoms with Gasteiger partial charge in [0, 0.05) is 0 Å². The zero-order chi connectivity index (χ0) is 5.86. The van der Waals surface area contributed by atoms with E-state index in [-0.39, 0.29) is 6.15 Å². The predicted molar refractivity (Wildman–Crippen MR) is 26.6 cm³/mol. The Balaban J connectivity index is 0. The number of rotatable bonds is 2. The van der Waals surface area contributed by atoms with E-state index in [1.807, 2.05) is 0 Å². The van der Waals surface area contributed by atoms with Gasteiger partial charge in [-0.15, -0.1) is 0 Å². The van der Waals surface area contributed by atoms with Gasteiger partial charge in [-0.05, 0) is 0 Å². The molecule has 0 heterocycles. The maximum Gasteiger partial charge on any atom is 0.628 e. The van der Waals surface area contributed by atoms with Crippen molar-refractivity contribution in [2.75, 3.05) is 0 Å². The van der Waals surface area contributed by atoms with Crippen molar-refractivity contribution in [1.29, 1.82) is 0 Å². The quantitative estimate of drug-likeness (QED) is 0.334. The number of hydrogen-bond acceptors (Lipinski definition) is 6. The Morgan fingerprint density at radius 1 is 1.12 bits per heavy atom. The molecule has 7 nitrogen and oxygen atoms in total. The van der Waals surface area contributed by atoms with E-state index in [2.05, 4.69) is 0 Å². The third-order valence-electron chi connectivity index (χ3n) is 0.133. The smallest absolute Gasteiger partial charge is 0.344 e.